The summed E-state index contributed by atoms with van der Waals surface area (Å²) in [6.45, 7) is 0. The van der Waals surface area contributed by atoms with E-state index in [-0.39, 0.29) is 17.1 Å². The second-order valence-electron chi connectivity index (χ2n) is 3.93. The van der Waals surface area contributed by atoms with Crippen molar-refractivity contribution in [3.05, 3.63) is 59.2 Å². The highest BCUT2D eigenvalue weighted by Crippen LogP contribution is 2.16. The van der Waals surface area contributed by atoms with E-state index in [0.717, 1.165) is 5.56 Å². The van der Waals surface area contributed by atoms with Crippen molar-refractivity contribution in [1.82, 2.24) is 4.98 Å². The number of rotatable bonds is 3. The van der Waals surface area contributed by atoms with E-state index in [1.54, 1.807) is 12.1 Å². The zero-order valence-electron chi connectivity index (χ0n) is 9.60. The predicted molar refractivity (Wildman–Crippen MR) is 64.4 cm³/mol. The van der Waals surface area contributed by atoms with Gasteiger partial charge in [0.2, 0.25) is 0 Å². The van der Waals surface area contributed by atoms with E-state index in [4.69, 9.17) is 5.26 Å². The maximum Gasteiger partial charge on any atom is 0.151 e. The molecule has 0 aliphatic carbocycles. The third-order valence-electron chi connectivity index (χ3n) is 2.62. The van der Waals surface area contributed by atoms with Crippen LogP contribution in [0, 0.1) is 17.1 Å². The van der Waals surface area contributed by atoms with Gasteiger partial charge in [-0.3, -0.25) is 4.98 Å². The average molecular weight is 242 g/mol. The number of aromatic nitrogens is 1. The molecule has 0 fully saturated rings. The summed E-state index contributed by atoms with van der Waals surface area (Å²) < 4.78 is 13.0. The molecule has 0 spiro atoms. The maximum absolute atomic E-state index is 13.0. The molecule has 0 atom stereocenters. The van der Waals surface area contributed by atoms with Gasteiger partial charge >= 0.3 is 0 Å². The third kappa shape index (κ3) is 2.83. The molecule has 0 unspecified atom stereocenters. The Kier molecular flexibility index (Phi) is 3.54. The normalized spacial score (nSPS) is 10.0. The lowest BCUT2D eigenvalue weighted by atomic mass is 10.1. The Labute approximate surface area is 104 Å². The van der Waals surface area contributed by atoms with Gasteiger partial charge in [-0.1, -0.05) is 12.1 Å². The average Bonchev–Trinajstić information content (AvgIpc) is 2.38. The fourth-order valence-electron chi connectivity index (χ4n) is 1.68. The number of pyridine rings is 1. The SMILES string of the molecule is N#Cc1cc(CCc2cccc(F)c2)ncc1O. The lowest BCUT2D eigenvalue weighted by molar-refractivity contribution is 0.470. The van der Waals surface area contributed by atoms with Crippen LogP contribution < -0.4 is 0 Å². The van der Waals surface area contributed by atoms with Gasteiger partial charge in [0.05, 0.1) is 11.8 Å². The molecule has 0 aliphatic heterocycles. The van der Waals surface area contributed by atoms with Gasteiger partial charge in [-0.25, -0.2) is 4.39 Å². The Morgan fingerprint density at radius 1 is 1.28 bits per heavy atom. The molecule has 1 N–H and O–H groups in total. The number of aryl methyl sites for hydroxylation is 2. The van der Waals surface area contributed by atoms with E-state index < -0.39 is 0 Å². The summed E-state index contributed by atoms with van der Waals surface area (Å²) in [6.07, 6.45) is 2.50. The van der Waals surface area contributed by atoms with Crippen molar-refractivity contribution in [3.63, 3.8) is 0 Å². The van der Waals surface area contributed by atoms with Crippen molar-refractivity contribution in [2.75, 3.05) is 0 Å². The number of hydrogen-bond acceptors (Lipinski definition) is 3. The lowest BCUT2D eigenvalue weighted by Crippen LogP contribution is -1.96. The van der Waals surface area contributed by atoms with E-state index in [9.17, 15) is 9.50 Å². The molecule has 0 radical (unpaired) electrons. The monoisotopic (exact) mass is 242 g/mol. The summed E-state index contributed by atoms with van der Waals surface area (Å²) in [5.41, 5.74) is 1.79. The van der Waals surface area contributed by atoms with Crippen LogP contribution in [-0.4, -0.2) is 10.1 Å². The largest absolute Gasteiger partial charge is 0.505 e. The fourth-order valence-corrected chi connectivity index (χ4v) is 1.68. The molecule has 2 aromatic rings. The van der Waals surface area contributed by atoms with Crippen LogP contribution in [0.4, 0.5) is 4.39 Å². The molecule has 0 aliphatic rings. The van der Waals surface area contributed by atoms with Crippen molar-refractivity contribution in [2.45, 2.75) is 12.8 Å². The zero-order chi connectivity index (χ0) is 13.0. The standard InChI is InChI=1S/C14H11FN2O/c15-12-3-1-2-10(6-12)4-5-13-7-11(8-16)14(18)9-17-13/h1-3,6-7,9,18H,4-5H2. The number of aromatic hydroxyl groups is 1. The number of halogens is 1. The quantitative estimate of drug-likeness (QED) is 0.899. The van der Waals surface area contributed by atoms with Crippen molar-refractivity contribution in [1.29, 1.82) is 5.26 Å². The Morgan fingerprint density at radius 2 is 2.11 bits per heavy atom. The Hall–Kier alpha value is -2.41. The third-order valence-corrected chi connectivity index (χ3v) is 2.62. The topological polar surface area (TPSA) is 56.9 Å². The van der Waals surface area contributed by atoms with Gasteiger partial charge in [-0.2, -0.15) is 5.26 Å². The molecule has 0 bridgehead atoms. The van der Waals surface area contributed by atoms with Crippen LogP contribution in [0.25, 0.3) is 0 Å². The lowest BCUT2D eigenvalue weighted by Gasteiger charge is -2.03. The highest BCUT2D eigenvalue weighted by Gasteiger charge is 2.04. The summed E-state index contributed by atoms with van der Waals surface area (Å²) in [5.74, 6) is -0.379. The molecule has 0 saturated heterocycles. The molecule has 1 aromatic heterocycles. The summed E-state index contributed by atoms with van der Waals surface area (Å²) in [6, 6.07) is 9.82. The smallest absolute Gasteiger partial charge is 0.151 e. The van der Waals surface area contributed by atoms with Crippen LogP contribution in [0.3, 0.4) is 0 Å². The maximum atomic E-state index is 13.0. The summed E-state index contributed by atoms with van der Waals surface area (Å²) in [7, 11) is 0. The summed E-state index contributed by atoms with van der Waals surface area (Å²) in [5, 5.41) is 18.1. The fraction of sp³-hybridized carbons (Fsp3) is 0.143. The minimum absolute atomic E-state index is 0.119. The van der Waals surface area contributed by atoms with Crippen LogP contribution in [0.1, 0.15) is 16.8 Å². The molecule has 2 rings (SSSR count). The van der Waals surface area contributed by atoms with Crippen molar-refractivity contribution < 1.29 is 9.50 Å². The number of nitriles is 1. The van der Waals surface area contributed by atoms with Crippen LogP contribution >= 0.6 is 0 Å². The molecule has 4 heteroatoms. The molecular formula is C14H11FN2O. The van der Waals surface area contributed by atoms with E-state index in [2.05, 4.69) is 4.98 Å². The Bertz CT molecular complexity index is 605. The number of hydrogen-bond donors (Lipinski definition) is 1. The molecular weight excluding hydrogens is 231 g/mol. The first-order valence-corrected chi connectivity index (χ1v) is 5.51. The molecule has 0 saturated carbocycles. The molecule has 0 amide bonds. The molecule has 1 aromatic carbocycles. The van der Waals surface area contributed by atoms with Gasteiger partial charge in [0.1, 0.15) is 11.9 Å². The van der Waals surface area contributed by atoms with Gasteiger partial charge in [-0.15, -0.1) is 0 Å². The van der Waals surface area contributed by atoms with E-state index in [1.165, 1.54) is 18.3 Å². The molecule has 90 valence electrons. The second-order valence-corrected chi connectivity index (χ2v) is 3.93. The first-order chi connectivity index (χ1) is 8.69. The summed E-state index contributed by atoms with van der Waals surface area (Å²) >= 11 is 0. The Balaban J connectivity index is 2.09. The Morgan fingerprint density at radius 3 is 2.83 bits per heavy atom. The minimum atomic E-state index is -0.260. The van der Waals surface area contributed by atoms with E-state index in [1.807, 2.05) is 12.1 Å². The van der Waals surface area contributed by atoms with Gasteiger partial charge in [-0.05, 0) is 36.6 Å². The highest BCUT2D eigenvalue weighted by atomic mass is 19.1. The summed E-state index contributed by atoms with van der Waals surface area (Å²) in [4.78, 5) is 4.03. The van der Waals surface area contributed by atoms with E-state index in [0.29, 0.717) is 18.5 Å². The minimum Gasteiger partial charge on any atom is -0.505 e. The van der Waals surface area contributed by atoms with Crippen LogP contribution in [0.5, 0.6) is 5.75 Å². The predicted octanol–water partition coefficient (Wildman–Crippen LogP) is 2.58. The first kappa shape index (κ1) is 12.1. The van der Waals surface area contributed by atoms with Crippen molar-refractivity contribution in [3.8, 4) is 11.8 Å². The number of nitrogens with zero attached hydrogens (tertiary/aromatic N) is 2. The van der Waals surface area contributed by atoms with Gasteiger partial charge in [0.25, 0.3) is 0 Å². The highest BCUT2D eigenvalue weighted by molar-refractivity contribution is 5.41. The van der Waals surface area contributed by atoms with Crippen molar-refractivity contribution >= 4 is 0 Å². The molecule has 1 heterocycles. The second kappa shape index (κ2) is 5.28. The van der Waals surface area contributed by atoms with Crippen LogP contribution in [0.2, 0.25) is 0 Å². The van der Waals surface area contributed by atoms with Crippen LogP contribution in [0.15, 0.2) is 36.5 Å². The zero-order valence-corrected chi connectivity index (χ0v) is 9.60. The molecule has 18 heavy (non-hydrogen) atoms. The van der Waals surface area contributed by atoms with Gasteiger partial charge in [0, 0.05) is 5.69 Å². The first-order valence-electron chi connectivity index (χ1n) is 5.51. The van der Waals surface area contributed by atoms with E-state index >= 15 is 0 Å². The molecule has 3 nitrogen and oxygen atoms in total. The van der Waals surface area contributed by atoms with Crippen molar-refractivity contribution in [2.24, 2.45) is 0 Å². The van der Waals surface area contributed by atoms with Gasteiger partial charge in [0.15, 0.2) is 5.75 Å². The number of benzene rings is 1. The van der Waals surface area contributed by atoms with Gasteiger partial charge < -0.3 is 5.11 Å². The van der Waals surface area contributed by atoms with Crippen LogP contribution in [-0.2, 0) is 12.8 Å².